The number of nitrogens with zero attached hydrogens (tertiary/aromatic N) is 2. The monoisotopic (exact) mass is 308 g/mol. The minimum atomic E-state index is -2.28. The Labute approximate surface area is 100 Å². The number of amides is 1. The third-order valence-corrected chi connectivity index (χ3v) is 6.05. The quantitative estimate of drug-likeness (QED) is 0.800. The summed E-state index contributed by atoms with van der Waals surface area (Å²) in [6, 6.07) is 0. The van der Waals surface area contributed by atoms with Crippen LogP contribution in [0.2, 0.25) is 0 Å². The van der Waals surface area contributed by atoms with Gasteiger partial charge in [-0.3, -0.25) is 4.79 Å². The molecule has 1 aromatic heterocycles. The molecular weight excluding hydrogens is 300 g/mol. The van der Waals surface area contributed by atoms with E-state index in [9.17, 15) is 9.00 Å². The molecule has 1 aliphatic heterocycles. The van der Waals surface area contributed by atoms with Crippen molar-refractivity contribution >= 4 is 42.9 Å². The summed E-state index contributed by atoms with van der Waals surface area (Å²) in [7, 11) is -2.28. The third-order valence-electron chi connectivity index (χ3n) is 2.15. The highest BCUT2D eigenvalue weighted by Gasteiger charge is 2.20. The Morgan fingerprint density at radius 1 is 1.53 bits per heavy atom. The van der Waals surface area contributed by atoms with Gasteiger partial charge in [0, 0.05) is 11.5 Å². The molecule has 0 atom stereocenters. The lowest BCUT2D eigenvalue weighted by atomic mass is 10.4. The second kappa shape index (κ2) is 4.31. The first-order chi connectivity index (χ1) is 7.11. The second-order valence-electron chi connectivity index (χ2n) is 3.26. The average molecular weight is 309 g/mol. The van der Waals surface area contributed by atoms with E-state index >= 15 is 0 Å². The average Bonchev–Trinajstić information content (AvgIpc) is 2.74. The number of hydrogen-bond acceptors (Lipinski definition) is 4. The first-order valence-corrected chi connectivity index (χ1v) is 7.99. The maximum atomic E-state index is 12.0. The Balaban J connectivity index is 2.31. The second-order valence-corrected chi connectivity index (χ2v) is 7.98. The minimum absolute atomic E-state index is 0.273. The zero-order valence-corrected chi connectivity index (χ0v) is 11.0. The standard InChI is InChI=1S/C8H9BrN2O2S2/c9-7-6(10-5-14-7)8(12)11-15(13)3-1-2-4-15/h5H,1-4H2. The fraction of sp³-hybridized carbons (Fsp3) is 0.500. The van der Waals surface area contributed by atoms with Crippen molar-refractivity contribution in [3.63, 3.8) is 0 Å². The molecule has 2 rings (SSSR count). The predicted molar refractivity (Wildman–Crippen MR) is 63.7 cm³/mol. The highest BCUT2D eigenvalue weighted by molar-refractivity contribution is 9.11. The molecule has 1 amide bonds. The molecule has 0 N–H and O–H groups in total. The van der Waals surface area contributed by atoms with Gasteiger partial charge in [-0.15, -0.1) is 11.3 Å². The van der Waals surface area contributed by atoms with Crippen molar-refractivity contribution < 1.29 is 9.00 Å². The largest absolute Gasteiger partial charge is 0.305 e. The Bertz CT molecular complexity index is 490. The summed E-state index contributed by atoms with van der Waals surface area (Å²) in [4.78, 5) is 15.5. The van der Waals surface area contributed by atoms with E-state index < -0.39 is 15.6 Å². The molecule has 1 aliphatic rings. The van der Waals surface area contributed by atoms with Crippen molar-refractivity contribution in [2.24, 2.45) is 4.36 Å². The topological polar surface area (TPSA) is 59.4 Å². The smallest absolute Gasteiger partial charge is 0.264 e. The normalized spacial score (nSPS) is 19.0. The number of thiazole rings is 1. The minimum Gasteiger partial charge on any atom is -0.264 e. The fourth-order valence-electron chi connectivity index (χ4n) is 1.41. The van der Waals surface area contributed by atoms with E-state index in [0.717, 1.165) is 12.8 Å². The summed E-state index contributed by atoms with van der Waals surface area (Å²) in [5, 5.41) is 0. The van der Waals surface area contributed by atoms with Gasteiger partial charge in [-0.1, -0.05) is 0 Å². The summed E-state index contributed by atoms with van der Waals surface area (Å²) in [6.07, 6.45) is 1.79. The molecule has 7 heteroatoms. The van der Waals surface area contributed by atoms with E-state index in [1.54, 1.807) is 5.51 Å². The van der Waals surface area contributed by atoms with Crippen LogP contribution in [0.25, 0.3) is 0 Å². The first kappa shape index (κ1) is 11.2. The number of carbonyl (C=O) groups is 1. The van der Waals surface area contributed by atoms with Gasteiger partial charge in [0.1, 0.15) is 3.79 Å². The molecule has 15 heavy (non-hydrogen) atoms. The van der Waals surface area contributed by atoms with Crippen molar-refractivity contribution in [2.75, 3.05) is 11.5 Å². The van der Waals surface area contributed by atoms with Crippen LogP contribution in [0.1, 0.15) is 23.3 Å². The van der Waals surface area contributed by atoms with Gasteiger partial charge in [0.25, 0.3) is 0 Å². The number of carbonyl (C=O) groups excluding carboxylic acids is 1. The van der Waals surface area contributed by atoms with Crippen LogP contribution in [0.15, 0.2) is 13.7 Å². The number of rotatable bonds is 1. The zero-order valence-electron chi connectivity index (χ0n) is 7.81. The van der Waals surface area contributed by atoms with Crippen LogP contribution >= 0.6 is 27.3 Å². The van der Waals surface area contributed by atoms with Gasteiger partial charge in [0.05, 0.1) is 15.2 Å². The Morgan fingerprint density at radius 2 is 2.20 bits per heavy atom. The molecule has 82 valence electrons. The predicted octanol–water partition coefficient (Wildman–Crippen LogP) is 2.31. The Kier molecular flexibility index (Phi) is 3.22. The number of hydrogen-bond donors (Lipinski definition) is 0. The van der Waals surface area contributed by atoms with Gasteiger partial charge < -0.3 is 0 Å². The number of halogens is 1. The number of aromatic nitrogens is 1. The molecule has 1 saturated heterocycles. The summed E-state index contributed by atoms with van der Waals surface area (Å²) in [5.74, 6) is 0.621. The van der Waals surface area contributed by atoms with E-state index in [2.05, 4.69) is 25.3 Å². The van der Waals surface area contributed by atoms with Gasteiger partial charge in [-0.25, -0.2) is 9.19 Å². The van der Waals surface area contributed by atoms with Crippen LogP contribution in [-0.2, 0) is 9.73 Å². The van der Waals surface area contributed by atoms with Crippen molar-refractivity contribution in [3.8, 4) is 0 Å². The van der Waals surface area contributed by atoms with Gasteiger partial charge >= 0.3 is 5.91 Å². The first-order valence-electron chi connectivity index (χ1n) is 4.46. The summed E-state index contributed by atoms with van der Waals surface area (Å²) in [6.45, 7) is 0. The highest BCUT2D eigenvalue weighted by Crippen LogP contribution is 2.22. The molecule has 0 saturated carbocycles. The van der Waals surface area contributed by atoms with Crippen molar-refractivity contribution in [1.82, 2.24) is 4.98 Å². The van der Waals surface area contributed by atoms with Gasteiger partial charge in [0.2, 0.25) is 0 Å². The van der Waals surface area contributed by atoms with E-state index in [1.807, 2.05) is 0 Å². The van der Waals surface area contributed by atoms with E-state index in [1.165, 1.54) is 11.3 Å². The molecule has 0 unspecified atom stereocenters. The molecule has 4 nitrogen and oxygen atoms in total. The molecule has 0 spiro atoms. The molecular formula is C8H9BrN2O2S2. The van der Waals surface area contributed by atoms with Gasteiger partial charge in [0.15, 0.2) is 5.69 Å². The van der Waals surface area contributed by atoms with Crippen LogP contribution in [-0.4, -0.2) is 26.6 Å². The van der Waals surface area contributed by atoms with E-state index in [4.69, 9.17) is 0 Å². The molecule has 2 heterocycles. The lowest BCUT2D eigenvalue weighted by Crippen LogP contribution is -2.06. The van der Waals surface area contributed by atoms with E-state index in [0.29, 0.717) is 15.3 Å². The van der Waals surface area contributed by atoms with E-state index in [-0.39, 0.29) is 5.69 Å². The maximum absolute atomic E-state index is 12.0. The van der Waals surface area contributed by atoms with Crippen LogP contribution in [0.3, 0.4) is 0 Å². The summed E-state index contributed by atoms with van der Waals surface area (Å²) >= 11 is 4.54. The van der Waals surface area contributed by atoms with Crippen LogP contribution in [0.5, 0.6) is 0 Å². The van der Waals surface area contributed by atoms with Crippen LogP contribution < -0.4 is 0 Å². The van der Waals surface area contributed by atoms with Crippen molar-refractivity contribution in [1.29, 1.82) is 0 Å². The van der Waals surface area contributed by atoms with Gasteiger partial charge in [-0.2, -0.15) is 4.36 Å². The highest BCUT2D eigenvalue weighted by atomic mass is 79.9. The molecule has 0 aromatic carbocycles. The Morgan fingerprint density at radius 3 is 2.73 bits per heavy atom. The molecule has 1 fully saturated rings. The lowest BCUT2D eigenvalue weighted by Gasteiger charge is -1.97. The maximum Gasteiger partial charge on any atom is 0.305 e. The molecule has 0 aliphatic carbocycles. The summed E-state index contributed by atoms with van der Waals surface area (Å²) in [5.41, 5.74) is 1.84. The SMILES string of the molecule is O=C(N=S1(=O)CCCC1)c1ncsc1Br. The molecule has 1 aromatic rings. The van der Waals surface area contributed by atoms with Gasteiger partial charge in [-0.05, 0) is 28.8 Å². The van der Waals surface area contributed by atoms with Crippen molar-refractivity contribution in [2.45, 2.75) is 12.8 Å². The Hall–Kier alpha value is -0.270. The fourth-order valence-corrected chi connectivity index (χ4v) is 4.52. The van der Waals surface area contributed by atoms with Crippen LogP contribution in [0, 0.1) is 0 Å². The van der Waals surface area contributed by atoms with Crippen molar-refractivity contribution in [3.05, 3.63) is 15.0 Å². The summed E-state index contributed by atoms with van der Waals surface area (Å²) < 4.78 is 16.4. The molecule has 0 radical (unpaired) electrons. The zero-order chi connectivity index (χ0) is 10.9. The lowest BCUT2D eigenvalue weighted by molar-refractivity contribution is 0.1000. The molecule has 0 bridgehead atoms. The third kappa shape index (κ3) is 2.46. The van der Waals surface area contributed by atoms with Crippen LogP contribution in [0.4, 0.5) is 0 Å².